The number of methoxy groups -OCH3 is 1. The molecule has 116 valence electrons. The lowest BCUT2D eigenvalue weighted by Crippen LogP contribution is -2.27. The summed E-state index contributed by atoms with van der Waals surface area (Å²) < 4.78 is 11.4. The van der Waals surface area contributed by atoms with Crippen molar-refractivity contribution in [3.63, 3.8) is 0 Å². The van der Waals surface area contributed by atoms with E-state index in [2.05, 4.69) is 37.0 Å². The molecule has 0 spiro atoms. The van der Waals surface area contributed by atoms with Crippen molar-refractivity contribution in [1.82, 2.24) is 4.98 Å². The molecule has 2 aliphatic rings. The quantitative estimate of drug-likeness (QED) is 0.843. The molecule has 1 aromatic carbocycles. The third kappa shape index (κ3) is 1.75. The van der Waals surface area contributed by atoms with Crippen LogP contribution in [0.4, 0.5) is 0 Å². The second-order valence-electron chi connectivity index (χ2n) is 6.88. The number of hydrogen-bond donors (Lipinski definition) is 0. The molecular formula is C19H23NO2. The fourth-order valence-electron chi connectivity index (χ4n) is 4.78. The van der Waals surface area contributed by atoms with Crippen LogP contribution < -0.4 is 4.74 Å². The lowest BCUT2D eigenvalue weighted by Gasteiger charge is -2.27. The van der Waals surface area contributed by atoms with Gasteiger partial charge in [0.05, 0.1) is 18.7 Å². The van der Waals surface area contributed by atoms with Crippen LogP contribution in [0.1, 0.15) is 31.5 Å². The Bertz CT molecular complexity index is 742. The molecule has 0 bridgehead atoms. The maximum absolute atomic E-state index is 5.86. The van der Waals surface area contributed by atoms with E-state index in [-0.39, 0.29) is 0 Å². The average Bonchev–Trinajstić information content (AvgIpc) is 3.14. The molecule has 22 heavy (non-hydrogen) atoms. The smallest absolute Gasteiger partial charge is 0.130 e. The summed E-state index contributed by atoms with van der Waals surface area (Å²) in [6.07, 6.45) is 1.48. The van der Waals surface area contributed by atoms with Crippen LogP contribution in [0.25, 0.3) is 10.9 Å². The maximum atomic E-state index is 5.86. The molecule has 4 atom stereocenters. The molecule has 1 saturated heterocycles. The summed E-state index contributed by atoms with van der Waals surface area (Å²) in [7, 11) is 1.73. The Labute approximate surface area is 131 Å². The Morgan fingerprint density at radius 2 is 2.09 bits per heavy atom. The van der Waals surface area contributed by atoms with Gasteiger partial charge in [0, 0.05) is 29.2 Å². The number of hydrogen-bond acceptors (Lipinski definition) is 3. The first-order chi connectivity index (χ1) is 10.6. The molecule has 1 aliphatic carbocycles. The first kappa shape index (κ1) is 14.0. The van der Waals surface area contributed by atoms with E-state index < -0.39 is 0 Å². The number of benzene rings is 1. The average molecular weight is 297 g/mol. The predicted octanol–water partition coefficient (Wildman–Crippen LogP) is 3.86. The highest BCUT2D eigenvalue weighted by Crippen LogP contribution is 2.65. The first-order valence-electron chi connectivity index (χ1n) is 8.15. The van der Waals surface area contributed by atoms with Gasteiger partial charge in [-0.3, -0.25) is 4.98 Å². The third-order valence-corrected chi connectivity index (χ3v) is 5.90. The number of pyridine rings is 1. The van der Waals surface area contributed by atoms with Gasteiger partial charge in [-0.1, -0.05) is 13.0 Å². The van der Waals surface area contributed by atoms with Crippen molar-refractivity contribution >= 4 is 10.9 Å². The van der Waals surface area contributed by atoms with Crippen molar-refractivity contribution in [3.8, 4) is 5.75 Å². The van der Waals surface area contributed by atoms with Crippen LogP contribution in [0.5, 0.6) is 5.75 Å². The van der Waals surface area contributed by atoms with Crippen LogP contribution in [0.2, 0.25) is 0 Å². The largest absolute Gasteiger partial charge is 0.496 e. The molecule has 1 saturated carbocycles. The minimum Gasteiger partial charge on any atom is -0.496 e. The van der Waals surface area contributed by atoms with Crippen LogP contribution in [0.15, 0.2) is 24.3 Å². The number of rotatable bonds is 2. The highest BCUT2D eigenvalue weighted by molar-refractivity contribution is 5.86. The lowest BCUT2D eigenvalue weighted by atomic mass is 9.85. The van der Waals surface area contributed by atoms with E-state index in [9.17, 15) is 0 Å². The van der Waals surface area contributed by atoms with Crippen molar-refractivity contribution in [3.05, 3.63) is 35.5 Å². The molecular weight excluding hydrogens is 274 g/mol. The first-order valence-corrected chi connectivity index (χ1v) is 8.15. The number of nitrogens with zero attached hydrogens (tertiary/aromatic N) is 1. The van der Waals surface area contributed by atoms with Gasteiger partial charge in [-0.05, 0) is 49.8 Å². The van der Waals surface area contributed by atoms with E-state index in [1.54, 1.807) is 7.11 Å². The summed E-state index contributed by atoms with van der Waals surface area (Å²) in [5.74, 6) is 2.25. The van der Waals surface area contributed by atoms with Crippen molar-refractivity contribution in [2.45, 2.75) is 38.7 Å². The monoisotopic (exact) mass is 297 g/mol. The van der Waals surface area contributed by atoms with Crippen molar-refractivity contribution < 1.29 is 9.47 Å². The molecule has 4 unspecified atom stereocenters. The molecule has 2 aromatic rings. The SMILES string of the molecule is COc1cc(C)nc2ccc(C34CCOC(C)C3C4C)cc12. The van der Waals surface area contributed by atoms with Gasteiger partial charge >= 0.3 is 0 Å². The molecule has 0 amide bonds. The molecule has 3 heteroatoms. The van der Waals surface area contributed by atoms with E-state index in [1.165, 1.54) is 5.56 Å². The molecule has 2 heterocycles. The maximum Gasteiger partial charge on any atom is 0.130 e. The molecule has 1 aliphatic heterocycles. The minimum atomic E-state index is 0.293. The summed E-state index contributed by atoms with van der Waals surface area (Å²) in [5, 5.41) is 1.12. The molecule has 0 radical (unpaired) electrons. The Hall–Kier alpha value is -1.61. The van der Waals surface area contributed by atoms with Gasteiger partial charge in [-0.2, -0.15) is 0 Å². The van der Waals surface area contributed by atoms with Crippen LogP contribution in [0, 0.1) is 18.8 Å². The van der Waals surface area contributed by atoms with Crippen LogP contribution in [-0.2, 0) is 10.2 Å². The second-order valence-corrected chi connectivity index (χ2v) is 6.88. The Morgan fingerprint density at radius 1 is 1.27 bits per heavy atom. The van der Waals surface area contributed by atoms with Crippen LogP contribution in [-0.4, -0.2) is 24.8 Å². The highest BCUT2D eigenvalue weighted by atomic mass is 16.5. The van der Waals surface area contributed by atoms with Gasteiger partial charge < -0.3 is 9.47 Å². The molecule has 1 aromatic heterocycles. The zero-order valence-electron chi connectivity index (χ0n) is 13.7. The number of fused-ring (bicyclic) bond motifs is 2. The third-order valence-electron chi connectivity index (χ3n) is 5.90. The molecule has 0 N–H and O–H groups in total. The fourth-order valence-corrected chi connectivity index (χ4v) is 4.78. The standard InChI is InChI=1S/C19H23NO2/c1-11-9-17(21-4)15-10-14(5-6-16(15)20-11)19-7-8-22-13(3)18(19)12(19)2/h5-6,9-10,12-13,18H,7-8H2,1-4H3. The predicted molar refractivity (Wildman–Crippen MR) is 87.4 cm³/mol. The van der Waals surface area contributed by atoms with Crippen LogP contribution >= 0.6 is 0 Å². The Kier molecular flexibility index (Phi) is 2.99. The zero-order valence-corrected chi connectivity index (χ0v) is 13.7. The molecule has 3 nitrogen and oxygen atoms in total. The van der Waals surface area contributed by atoms with E-state index in [4.69, 9.17) is 9.47 Å². The van der Waals surface area contributed by atoms with Crippen LogP contribution in [0.3, 0.4) is 0 Å². The van der Waals surface area contributed by atoms with Crippen molar-refractivity contribution in [2.75, 3.05) is 13.7 Å². The highest BCUT2D eigenvalue weighted by Gasteiger charge is 2.66. The molecule has 2 fully saturated rings. The van der Waals surface area contributed by atoms with E-state index in [1.807, 2.05) is 13.0 Å². The van der Waals surface area contributed by atoms with E-state index in [0.717, 1.165) is 35.4 Å². The number of aryl methyl sites for hydroxylation is 1. The van der Waals surface area contributed by atoms with Gasteiger partial charge in [0.1, 0.15) is 5.75 Å². The van der Waals surface area contributed by atoms with Gasteiger partial charge in [-0.25, -0.2) is 0 Å². The lowest BCUT2D eigenvalue weighted by molar-refractivity contribution is 0.0121. The van der Waals surface area contributed by atoms with Gasteiger partial charge in [-0.15, -0.1) is 0 Å². The number of ether oxygens (including phenoxy) is 2. The van der Waals surface area contributed by atoms with Gasteiger partial charge in [0.15, 0.2) is 0 Å². The zero-order chi connectivity index (χ0) is 15.5. The molecule has 4 rings (SSSR count). The van der Waals surface area contributed by atoms with E-state index >= 15 is 0 Å². The normalized spacial score (nSPS) is 33.5. The summed E-state index contributed by atoms with van der Waals surface area (Å²) in [6.45, 7) is 7.45. The van der Waals surface area contributed by atoms with Gasteiger partial charge in [0.25, 0.3) is 0 Å². The fraction of sp³-hybridized carbons (Fsp3) is 0.526. The Balaban J connectivity index is 1.85. The van der Waals surface area contributed by atoms with Crippen molar-refractivity contribution in [2.24, 2.45) is 11.8 Å². The van der Waals surface area contributed by atoms with Gasteiger partial charge in [0.2, 0.25) is 0 Å². The van der Waals surface area contributed by atoms with E-state index in [0.29, 0.717) is 23.4 Å². The summed E-state index contributed by atoms with van der Waals surface area (Å²) in [6, 6.07) is 8.74. The summed E-state index contributed by atoms with van der Waals surface area (Å²) >= 11 is 0. The number of aromatic nitrogens is 1. The minimum absolute atomic E-state index is 0.293. The van der Waals surface area contributed by atoms with Crippen molar-refractivity contribution in [1.29, 1.82) is 0 Å². The second kappa shape index (κ2) is 4.69. The Morgan fingerprint density at radius 3 is 2.86 bits per heavy atom. The summed E-state index contributed by atoms with van der Waals surface area (Å²) in [5.41, 5.74) is 3.73. The topological polar surface area (TPSA) is 31.4 Å². The summed E-state index contributed by atoms with van der Waals surface area (Å²) in [4.78, 5) is 4.64.